The van der Waals surface area contributed by atoms with E-state index in [9.17, 15) is 4.79 Å². The minimum atomic E-state index is -0.0652. The van der Waals surface area contributed by atoms with Gasteiger partial charge in [0.05, 0.1) is 11.9 Å². The highest BCUT2D eigenvalue weighted by Crippen LogP contribution is 2.22. The van der Waals surface area contributed by atoms with Gasteiger partial charge in [0, 0.05) is 23.6 Å². The molecular formula is C16H19N3O3S. The van der Waals surface area contributed by atoms with Gasteiger partial charge in [-0.25, -0.2) is 0 Å². The molecule has 0 saturated carbocycles. The third kappa shape index (κ3) is 4.56. The summed E-state index contributed by atoms with van der Waals surface area (Å²) in [4.78, 5) is 17.3. The number of rotatable bonds is 6. The number of thioether (sulfide) groups is 1. The average Bonchev–Trinajstić information content (AvgIpc) is 3.22. The van der Waals surface area contributed by atoms with Gasteiger partial charge in [-0.15, -0.1) is 11.8 Å². The fourth-order valence-corrected chi connectivity index (χ4v) is 3.10. The van der Waals surface area contributed by atoms with Crippen LogP contribution < -0.4 is 5.32 Å². The Morgan fingerprint density at radius 1 is 1.39 bits per heavy atom. The first-order chi connectivity index (χ1) is 11.2. The van der Waals surface area contributed by atoms with Crippen molar-refractivity contribution < 1.29 is 14.1 Å². The molecule has 2 aromatic rings. The van der Waals surface area contributed by atoms with E-state index >= 15 is 0 Å². The van der Waals surface area contributed by atoms with Crippen LogP contribution in [0.2, 0.25) is 0 Å². The molecule has 23 heavy (non-hydrogen) atoms. The van der Waals surface area contributed by atoms with Crippen LogP contribution in [0.15, 0.2) is 33.7 Å². The summed E-state index contributed by atoms with van der Waals surface area (Å²) in [6, 6.07) is 7.50. The fourth-order valence-electron chi connectivity index (χ4n) is 2.36. The minimum Gasteiger partial charge on any atom is -0.376 e. The number of ether oxygens (including phenoxy) is 1. The normalized spacial score (nSPS) is 17.3. The molecule has 6 nitrogen and oxygen atoms in total. The number of aryl methyl sites for hydroxylation is 1. The van der Waals surface area contributed by atoms with Crippen molar-refractivity contribution in [3.8, 4) is 0 Å². The van der Waals surface area contributed by atoms with Gasteiger partial charge in [0.2, 0.25) is 5.89 Å². The van der Waals surface area contributed by atoms with Crippen molar-refractivity contribution in [1.82, 2.24) is 15.5 Å². The molecule has 1 aromatic carbocycles. The maximum Gasteiger partial charge on any atom is 0.251 e. The molecule has 1 saturated heterocycles. The van der Waals surface area contributed by atoms with Crippen molar-refractivity contribution in [2.45, 2.75) is 36.5 Å². The maximum atomic E-state index is 12.1. The second kappa shape index (κ2) is 7.61. The monoisotopic (exact) mass is 333 g/mol. The predicted molar refractivity (Wildman–Crippen MR) is 86.3 cm³/mol. The standard InChI is InChI=1S/C16H19N3O3S/c1-11-18-15(22-19-11)10-23-14-6-4-12(5-7-14)16(20)17-9-13-3-2-8-21-13/h4-7,13H,2-3,8-10H2,1H3,(H,17,20)/t13-/m1/s1. The van der Waals surface area contributed by atoms with Crippen LogP contribution in [0.1, 0.15) is 34.9 Å². The molecule has 1 N–H and O–H groups in total. The van der Waals surface area contributed by atoms with Crippen LogP contribution in [0.4, 0.5) is 0 Å². The van der Waals surface area contributed by atoms with Crippen LogP contribution in [-0.2, 0) is 10.5 Å². The second-order valence-corrected chi connectivity index (χ2v) is 6.44. The Bertz CT molecular complexity index is 651. The largest absolute Gasteiger partial charge is 0.376 e. The Hall–Kier alpha value is -1.86. The minimum absolute atomic E-state index is 0.0652. The molecule has 1 aromatic heterocycles. The Labute approximate surface area is 139 Å². The van der Waals surface area contributed by atoms with Gasteiger partial charge in [-0.2, -0.15) is 4.98 Å². The van der Waals surface area contributed by atoms with E-state index in [1.807, 2.05) is 24.3 Å². The summed E-state index contributed by atoms with van der Waals surface area (Å²) >= 11 is 1.59. The molecule has 122 valence electrons. The topological polar surface area (TPSA) is 77.2 Å². The highest BCUT2D eigenvalue weighted by Gasteiger charge is 2.16. The summed E-state index contributed by atoms with van der Waals surface area (Å²) in [5, 5.41) is 6.67. The number of carbonyl (C=O) groups is 1. The Morgan fingerprint density at radius 3 is 2.87 bits per heavy atom. The smallest absolute Gasteiger partial charge is 0.251 e. The Balaban J connectivity index is 1.48. The third-order valence-corrected chi connectivity index (χ3v) is 4.56. The zero-order valence-electron chi connectivity index (χ0n) is 12.9. The van der Waals surface area contributed by atoms with E-state index in [-0.39, 0.29) is 12.0 Å². The van der Waals surface area contributed by atoms with Crippen LogP contribution in [-0.4, -0.2) is 35.3 Å². The summed E-state index contributed by atoms with van der Waals surface area (Å²) in [7, 11) is 0. The van der Waals surface area contributed by atoms with Crippen molar-refractivity contribution in [2.75, 3.05) is 13.2 Å². The predicted octanol–water partition coefficient (Wildman–Crippen LogP) is 2.58. The molecule has 0 bridgehead atoms. The van der Waals surface area contributed by atoms with Gasteiger partial charge in [-0.3, -0.25) is 4.79 Å². The number of hydrogen-bond acceptors (Lipinski definition) is 6. The quantitative estimate of drug-likeness (QED) is 0.819. The first-order valence-corrected chi connectivity index (χ1v) is 8.61. The lowest BCUT2D eigenvalue weighted by Gasteiger charge is -2.10. The molecule has 2 heterocycles. The van der Waals surface area contributed by atoms with Crippen molar-refractivity contribution in [2.24, 2.45) is 0 Å². The van der Waals surface area contributed by atoms with Gasteiger partial charge in [0.25, 0.3) is 5.91 Å². The molecule has 1 amide bonds. The zero-order chi connectivity index (χ0) is 16.1. The van der Waals surface area contributed by atoms with Gasteiger partial charge in [-0.05, 0) is 44.0 Å². The SMILES string of the molecule is Cc1noc(CSc2ccc(C(=O)NC[C@H]3CCCO3)cc2)n1. The number of nitrogens with zero attached hydrogens (tertiary/aromatic N) is 2. The first-order valence-electron chi connectivity index (χ1n) is 7.62. The lowest BCUT2D eigenvalue weighted by molar-refractivity contribution is 0.0857. The molecular weight excluding hydrogens is 314 g/mol. The maximum absolute atomic E-state index is 12.1. The van der Waals surface area contributed by atoms with Crippen LogP contribution >= 0.6 is 11.8 Å². The third-order valence-electron chi connectivity index (χ3n) is 3.56. The summed E-state index contributed by atoms with van der Waals surface area (Å²) in [6.07, 6.45) is 2.25. The highest BCUT2D eigenvalue weighted by atomic mass is 32.2. The lowest BCUT2D eigenvalue weighted by Crippen LogP contribution is -2.31. The van der Waals surface area contributed by atoms with Crippen molar-refractivity contribution >= 4 is 17.7 Å². The van der Waals surface area contributed by atoms with Crippen molar-refractivity contribution in [3.05, 3.63) is 41.5 Å². The second-order valence-electron chi connectivity index (χ2n) is 5.39. The summed E-state index contributed by atoms with van der Waals surface area (Å²) in [5.41, 5.74) is 0.654. The molecule has 0 unspecified atom stereocenters. The summed E-state index contributed by atoms with van der Waals surface area (Å²) < 4.78 is 10.6. The van der Waals surface area contributed by atoms with E-state index in [1.165, 1.54) is 0 Å². The van der Waals surface area contributed by atoms with E-state index in [1.54, 1.807) is 18.7 Å². The average molecular weight is 333 g/mol. The van der Waals surface area contributed by atoms with E-state index < -0.39 is 0 Å². The first kappa shape index (κ1) is 16.0. The molecule has 0 spiro atoms. The summed E-state index contributed by atoms with van der Waals surface area (Å²) in [6.45, 7) is 3.17. The number of hydrogen-bond donors (Lipinski definition) is 1. The highest BCUT2D eigenvalue weighted by molar-refractivity contribution is 7.98. The van der Waals surface area contributed by atoms with Gasteiger partial charge < -0.3 is 14.6 Å². The molecule has 3 rings (SSSR count). The van der Waals surface area contributed by atoms with E-state index in [0.717, 1.165) is 24.3 Å². The number of amides is 1. The van der Waals surface area contributed by atoms with Crippen LogP contribution in [0.25, 0.3) is 0 Å². The number of aromatic nitrogens is 2. The van der Waals surface area contributed by atoms with Gasteiger partial charge in [0.1, 0.15) is 0 Å². The van der Waals surface area contributed by atoms with Crippen LogP contribution in [0, 0.1) is 6.92 Å². The lowest BCUT2D eigenvalue weighted by atomic mass is 10.2. The molecule has 7 heteroatoms. The van der Waals surface area contributed by atoms with E-state index in [4.69, 9.17) is 9.26 Å². The zero-order valence-corrected chi connectivity index (χ0v) is 13.8. The molecule has 1 atom stereocenters. The van der Waals surface area contributed by atoms with E-state index in [2.05, 4.69) is 15.5 Å². The molecule has 0 radical (unpaired) electrons. The summed E-state index contributed by atoms with van der Waals surface area (Å²) in [5.74, 6) is 1.79. The van der Waals surface area contributed by atoms with E-state index in [0.29, 0.717) is 29.6 Å². The molecule has 1 aliphatic heterocycles. The fraction of sp³-hybridized carbons (Fsp3) is 0.438. The molecule has 1 aliphatic rings. The number of carbonyl (C=O) groups excluding carboxylic acids is 1. The van der Waals surface area contributed by atoms with Crippen LogP contribution in [0.3, 0.4) is 0 Å². The van der Waals surface area contributed by atoms with Gasteiger partial charge in [0.15, 0.2) is 5.82 Å². The Morgan fingerprint density at radius 2 is 2.22 bits per heavy atom. The van der Waals surface area contributed by atoms with Gasteiger partial charge >= 0.3 is 0 Å². The molecule has 1 fully saturated rings. The molecule has 0 aliphatic carbocycles. The van der Waals surface area contributed by atoms with Crippen molar-refractivity contribution in [1.29, 1.82) is 0 Å². The number of nitrogens with one attached hydrogen (secondary N) is 1. The van der Waals surface area contributed by atoms with Crippen LogP contribution in [0.5, 0.6) is 0 Å². The Kier molecular flexibility index (Phi) is 5.30. The van der Waals surface area contributed by atoms with Gasteiger partial charge in [-0.1, -0.05) is 5.16 Å². The van der Waals surface area contributed by atoms with Crippen molar-refractivity contribution in [3.63, 3.8) is 0 Å². The number of benzene rings is 1.